The quantitative estimate of drug-likeness (QED) is 0.729. The summed E-state index contributed by atoms with van der Waals surface area (Å²) >= 11 is 1.20. The van der Waals surface area contributed by atoms with Crippen molar-refractivity contribution in [3.05, 3.63) is 46.8 Å². The zero-order valence-corrected chi connectivity index (χ0v) is 17.3. The van der Waals surface area contributed by atoms with Crippen LogP contribution < -0.4 is 5.32 Å². The molecule has 0 saturated heterocycles. The number of nitrogens with zero attached hydrogens (tertiary/aromatic N) is 1. The number of benzene rings is 1. The Kier molecular flexibility index (Phi) is 6.97. The number of carbonyl (C=O) groups is 1. The summed E-state index contributed by atoms with van der Waals surface area (Å²) in [5, 5.41) is 4.73. The Hall–Kier alpha value is -1.70. The van der Waals surface area contributed by atoms with Gasteiger partial charge in [-0.1, -0.05) is 38.1 Å². The first-order valence-electron chi connectivity index (χ1n) is 8.62. The van der Waals surface area contributed by atoms with Crippen LogP contribution in [0.15, 0.2) is 39.9 Å². The summed E-state index contributed by atoms with van der Waals surface area (Å²) in [5.41, 5.74) is 3.00. The fourth-order valence-corrected chi connectivity index (χ4v) is 5.10. The Morgan fingerprint density at radius 3 is 2.58 bits per heavy atom. The summed E-state index contributed by atoms with van der Waals surface area (Å²) in [6, 6.07) is 9.30. The zero-order valence-electron chi connectivity index (χ0n) is 15.7. The molecule has 2 rings (SSSR count). The molecular weight excluding hydrogens is 368 g/mol. The second kappa shape index (κ2) is 8.79. The van der Waals surface area contributed by atoms with Gasteiger partial charge in [0.25, 0.3) is 10.0 Å². The van der Waals surface area contributed by atoms with Crippen LogP contribution in [0.1, 0.15) is 43.7 Å². The van der Waals surface area contributed by atoms with E-state index >= 15 is 0 Å². The van der Waals surface area contributed by atoms with E-state index in [0.29, 0.717) is 23.1 Å². The number of amides is 1. The zero-order chi connectivity index (χ0) is 19.3. The lowest BCUT2D eigenvalue weighted by atomic mass is 9.98. The first kappa shape index (κ1) is 20.6. The smallest absolute Gasteiger partial charge is 0.252 e. The van der Waals surface area contributed by atoms with E-state index in [2.05, 4.69) is 19.2 Å². The summed E-state index contributed by atoms with van der Waals surface area (Å²) in [6.45, 7) is 6.46. The molecule has 26 heavy (non-hydrogen) atoms. The lowest BCUT2D eigenvalue weighted by Crippen LogP contribution is -2.28. The third kappa shape index (κ3) is 4.93. The first-order chi connectivity index (χ1) is 12.2. The average Bonchev–Trinajstić information content (AvgIpc) is 3.11. The van der Waals surface area contributed by atoms with Crippen molar-refractivity contribution >= 4 is 33.0 Å². The molecule has 0 saturated carbocycles. The molecular formula is C19H26N2O3S2. The van der Waals surface area contributed by atoms with E-state index in [1.165, 1.54) is 15.6 Å². The molecule has 0 atom stereocenters. The van der Waals surface area contributed by atoms with E-state index in [4.69, 9.17) is 0 Å². The van der Waals surface area contributed by atoms with Crippen LogP contribution in [0.2, 0.25) is 0 Å². The van der Waals surface area contributed by atoms with Crippen LogP contribution >= 0.6 is 11.3 Å². The molecule has 1 aromatic carbocycles. The van der Waals surface area contributed by atoms with Gasteiger partial charge in [-0.15, -0.1) is 11.3 Å². The maximum atomic E-state index is 12.4. The number of thiophene rings is 1. The number of hydrogen-bond acceptors (Lipinski definition) is 4. The monoisotopic (exact) mass is 394 g/mol. The number of aryl methyl sites for hydroxylation is 1. The number of anilines is 1. The van der Waals surface area contributed by atoms with Gasteiger partial charge in [-0.25, -0.2) is 12.7 Å². The minimum Gasteiger partial charge on any atom is -0.326 e. The van der Waals surface area contributed by atoms with Crippen molar-refractivity contribution in [1.29, 1.82) is 0 Å². The van der Waals surface area contributed by atoms with Crippen LogP contribution in [-0.4, -0.2) is 32.2 Å². The molecule has 142 valence electrons. The highest BCUT2D eigenvalue weighted by atomic mass is 32.2. The van der Waals surface area contributed by atoms with E-state index in [0.717, 1.165) is 16.8 Å². The van der Waals surface area contributed by atoms with Gasteiger partial charge in [-0.3, -0.25) is 4.79 Å². The molecule has 0 aliphatic heterocycles. The van der Waals surface area contributed by atoms with Crippen molar-refractivity contribution < 1.29 is 13.2 Å². The number of carbonyl (C=O) groups excluding carboxylic acids is 1. The Labute approximate surface area is 160 Å². The number of rotatable bonds is 8. The lowest BCUT2D eigenvalue weighted by molar-refractivity contribution is -0.116. The van der Waals surface area contributed by atoms with Crippen molar-refractivity contribution in [1.82, 2.24) is 4.31 Å². The summed E-state index contributed by atoms with van der Waals surface area (Å²) in [6.07, 6.45) is 0.742. The van der Waals surface area contributed by atoms with Crippen LogP contribution in [-0.2, 0) is 14.8 Å². The third-order valence-electron chi connectivity index (χ3n) is 4.23. The molecule has 5 nitrogen and oxygen atoms in total. The summed E-state index contributed by atoms with van der Waals surface area (Å²) in [4.78, 5) is 12.3. The number of sulfonamides is 1. The predicted molar refractivity (Wildman–Crippen MR) is 107 cm³/mol. The second-order valence-electron chi connectivity index (χ2n) is 6.60. The van der Waals surface area contributed by atoms with Gasteiger partial charge in [-0.05, 0) is 41.8 Å². The standard InChI is InChI=1S/C19H26N2O3S2/c1-14(2)16-9-5-8-15(3)19(16)20-17(22)10-6-12-21(4)26(23,24)18-11-7-13-25-18/h5,7-9,11,13-14H,6,10,12H2,1-4H3,(H,20,22). The number of hydrogen-bond donors (Lipinski definition) is 1. The minimum absolute atomic E-state index is 0.0943. The molecule has 0 bridgehead atoms. The third-order valence-corrected chi connectivity index (χ3v) is 7.46. The Morgan fingerprint density at radius 1 is 1.23 bits per heavy atom. The van der Waals surface area contributed by atoms with Crippen LogP contribution in [0.5, 0.6) is 0 Å². The molecule has 7 heteroatoms. The minimum atomic E-state index is -3.46. The Bertz CT molecular complexity index is 844. The lowest BCUT2D eigenvalue weighted by Gasteiger charge is -2.18. The van der Waals surface area contributed by atoms with Crippen LogP contribution in [0.25, 0.3) is 0 Å². The molecule has 2 aromatic rings. The summed E-state index contributed by atoms with van der Waals surface area (Å²) in [5.74, 6) is 0.218. The number of para-hydroxylation sites is 1. The molecule has 1 aromatic heterocycles. The molecule has 0 fully saturated rings. The summed E-state index contributed by atoms with van der Waals surface area (Å²) in [7, 11) is -1.91. The van der Waals surface area contributed by atoms with Gasteiger partial charge in [0, 0.05) is 25.7 Å². The van der Waals surface area contributed by atoms with Gasteiger partial charge in [0.15, 0.2) is 0 Å². The van der Waals surface area contributed by atoms with E-state index < -0.39 is 10.0 Å². The van der Waals surface area contributed by atoms with Crippen molar-refractivity contribution in [3.8, 4) is 0 Å². The van der Waals surface area contributed by atoms with Gasteiger partial charge in [-0.2, -0.15) is 0 Å². The van der Waals surface area contributed by atoms with Gasteiger partial charge < -0.3 is 5.32 Å². The van der Waals surface area contributed by atoms with Crippen molar-refractivity contribution in [2.24, 2.45) is 0 Å². The van der Waals surface area contributed by atoms with Crippen LogP contribution in [0.4, 0.5) is 5.69 Å². The van der Waals surface area contributed by atoms with E-state index in [1.807, 2.05) is 25.1 Å². The molecule has 1 heterocycles. The van der Waals surface area contributed by atoms with E-state index in [9.17, 15) is 13.2 Å². The van der Waals surface area contributed by atoms with E-state index in [-0.39, 0.29) is 12.3 Å². The molecule has 0 unspecified atom stereocenters. The number of nitrogens with one attached hydrogen (secondary N) is 1. The van der Waals surface area contributed by atoms with Crippen molar-refractivity contribution in [2.45, 2.75) is 43.7 Å². The van der Waals surface area contributed by atoms with Gasteiger partial charge >= 0.3 is 0 Å². The second-order valence-corrected chi connectivity index (χ2v) is 9.82. The highest BCUT2D eigenvalue weighted by Crippen LogP contribution is 2.27. The largest absolute Gasteiger partial charge is 0.326 e. The van der Waals surface area contributed by atoms with Gasteiger partial charge in [0.1, 0.15) is 4.21 Å². The first-order valence-corrected chi connectivity index (χ1v) is 10.9. The van der Waals surface area contributed by atoms with Gasteiger partial charge in [0.2, 0.25) is 5.91 Å². The molecule has 1 N–H and O–H groups in total. The topological polar surface area (TPSA) is 66.5 Å². The maximum Gasteiger partial charge on any atom is 0.252 e. The van der Waals surface area contributed by atoms with Crippen molar-refractivity contribution in [2.75, 3.05) is 18.9 Å². The maximum absolute atomic E-state index is 12.4. The van der Waals surface area contributed by atoms with Gasteiger partial charge in [0.05, 0.1) is 0 Å². The summed E-state index contributed by atoms with van der Waals surface area (Å²) < 4.78 is 26.4. The Morgan fingerprint density at radius 2 is 1.96 bits per heavy atom. The fraction of sp³-hybridized carbons (Fsp3) is 0.421. The fourth-order valence-electron chi connectivity index (χ4n) is 2.69. The van der Waals surface area contributed by atoms with Crippen LogP contribution in [0, 0.1) is 6.92 Å². The Balaban J connectivity index is 1.92. The average molecular weight is 395 g/mol. The highest BCUT2D eigenvalue weighted by molar-refractivity contribution is 7.91. The highest BCUT2D eigenvalue weighted by Gasteiger charge is 2.21. The molecule has 0 radical (unpaired) electrons. The molecule has 0 spiro atoms. The molecule has 0 aliphatic rings. The normalized spacial score (nSPS) is 11.9. The predicted octanol–water partition coefficient (Wildman–Crippen LogP) is 4.22. The van der Waals surface area contributed by atoms with Crippen LogP contribution in [0.3, 0.4) is 0 Å². The van der Waals surface area contributed by atoms with Crippen molar-refractivity contribution in [3.63, 3.8) is 0 Å². The molecule has 1 amide bonds. The van der Waals surface area contributed by atoms with E-state index in [1.54, 1.807) is 24.6 Å². The SMILES string of the molecule is Cc1cccc(C(C)C)c1NC(=O)CCCN(C)S(=O)(=O)c1cccs1. The molecule has 0 aliphatic carbocycles.